The Morgan fingerprint density at radius 1 is 1.00 bits per heavy atom. The maximum Gasteiger partial charge on any atom is 0.147 e. The Bertz CT molecular complexity index is 737. The van der Waals surface area contributed by atoms with E-state index in [1.807, 2.05) is 18.2 Å². The average molecular weight is 296 g/mol. The molecular formula is C17H13FN2O2. The lowest BCUT2D eigenvalue weighted by Gasteiger charge is -2.23. The van der Waals surface area contributed by atoms with E-state index in [9.17, 15) is 4.39 Å². The SMILES string of the molecule is N#Cc1ccc(N(Cc2ccco2)Cc2ccco2)c(F)c1. The maximum absolute atomic E-state index is 14.3. The monoisotopic (exact) mass is 296 g/mol. The van der Waals surface area contributed by atoms with Crippen LogP contribution >= 0.6 is 0 Å². The molecule has 0 unspecified atom stereocenters. The second-order valence-electron chi connectivity index (χ2n) is 4.79. The first-order chi connectivity index (χ1) is 10.8. The van der Waals surface area contributed by atoms with Crippen molar-refractivity contribution in [2.24, 2.45) is 0 Å². The molecule has 0 N–H and O–H groups in total. The third kappa shape index (κ3) is 3.01. The molecule has 22 heavy (non-hydrogen) atoms. The van der Waals surface area contributed by atoms with Gasteiger partial charge in [-0.2, -0.15) is 5.26 Å². The van der Waals surface area contributed by atoms with Crippen molar-refractivity contribution in [2.75, 3.05) is 4.90 Å². The van der Waals surface area contributed by atoms with Crippen molar-refractivity contribution >= 4 is 5.69 Å². The number of halogens is 1. The molecule has 0 atom stereocenters. The van der Waals surface area contributed by atoms with E-state index in [0.29, 0.717) is 18.8 Å². The van der Waals surface area contributed by atoms with Gasteiger partial charge in [-0.25, -0.2) is 4.39 Å². The van der Waals surface area contributed by atoms with Gasteiger partial charge in [0.2, 0.25) is 0 Å². The van der Waals surface area contributed by atoms with Gasteiger partial charge in [-0.3, -0.25) is 0 Å². The lowest BCUT2D eigenvalue weighted by atomic mass is 10.2. The highest BCUT2D eigenvalue weighted by Crippen LogP contribution is 2.24. The first-order valence-electron chi connectivity index (χ1n) is 6.75. The highest BCUT2D eigenvalue weighted by atomic mass is 19.1. The van der Waals surface area contributed by atoms with Gasteiger partial charge >= 0.3 is 0 Å². The Morgan fingerprint density at radius 3 is 2.09 bits per heavy atom. The molecule has 3 aromatic rings. The van der Waals surface area contributed by atoms with Crippen molar-refractivity contribution in [2.45, 2.75) is 13.1 Å². The fourth-order valence-electron chi connectivity index (χ4n) is 2.24. The first-order valence-corrected chi connectivity index (χ1v) is 6.75. The van der Waals surface area contributed by atoms with Gasteiger partial charge in [-0.15, -0.1) is 0 Å². The Labute approximate surface area is 127 Å². The molecule has 0 spiro atoms. The van der Waals surface area contributed by atoms with E-state index < -0.39 is 5.82 Å². The molecule has 0 aliphatic rings. The largest absolute Gasteiger partial charge is 0.467 e. The molecule has 0 aliphatic heterocycles. The molecule has 0 amide bonds. The zero-order chi connectivity index (χ0) is 15.4. The summed E-state index contributed by atoms with van der Waals surface area (Å²) in [5, 5.41) is 8.85. The molecule has 1 aromatic carbocycles. The quantitative estimate of drug-likeness (QED) is 0.711. The van der Waals surface area contributed by atoms with E-state index in [0.717, 1.165) is 11.5 Å². The Kier molecular flexibility index (Phi) is 3.92. The lowest BCUT2D eigenvalue weighted by Crippen LogP contribution is -2.22. The minimum absolute atomic E-state index is 0.289. The Balaban J connectivity index is 1.92. The lowest BCUT2D eigenvalue weighted by molar-refractivity contribution is 0.473. The van der Waals surface area contributed by atoms with Crippen LogP contribution in [0.5, 0.6) is 0 Å². The molecule has 4 nitrogen and oxygen atoms in total. The summed E-state index contributed by atoms with van der Waals surface area (Å²) >= 11 is 0. The van der Waals surface area contributed by atoms with E-state index in [-0.39, 0.29) is 5.56 Å². The van der Waals surface area contributed by atoms with Crippen molar-refractivity contribution in [3.05, 3.63) is 77.9 Å². The predicted molar refractivity (Wildman–Crippen MR) is 78.4 cm³/mol. The van der Waals surface area contributed by atoms with Crippen LogP contribution in [0.1, 0.15) is 17.1 Å². The van der Waals surface area contributed by atoms with Gasteiger partial charge in [-0.05, 0) is 42.5 Å². The highest BCUT2D eigenvalue weighted by molar-refractivity contribution is 5.51. The zero-order valence-electron chi connectivity index (χ0n) is 11.7. The van der Waals surface area contributed by atoms with Crippen molar-refractivity contribution in [3.63, 3.8) is 0 Å². The van der Waals surface area contributed by atoms with Crippen molar-refractivity contribution in [1.29, 1.82) is 5.26 Å². The summed E-state index contributed by atoms with van der Waals surface area (Å²) in [5.41, 5.74) is 0.684. The van der Waals surface area contributed by atoms with Crippen LogP contribution in [-0.4, -0.2) is 0 Å². The van der Waals surface area contributed by atoms with Gasteiger partial charge in [-0.1, -0.05) is 0 Å². The normalized spacial score (nSPS) is 10.4. The number of rotatable bonds is 5. The number of hydrogen-bond donors (Lipinski definition) is 0. The minimum Gasteiger partial charge on any atom is -0.467 e. The van der Waals surface area contributed by atoms with Crippen LogP contribution in [0.25, 0.3) is 0 Å². The van der Waals surface area contributed by atoms with Crippen LogP contribution in [0.4, 0.5) is 10.1 Å². The van der Waals surface area contributed by atoms with Crippen molar-refractivity contribution in [1.82, 2.24) is 0 Å². The molecule has 0 saturated carbocycles. The molecule has 0 fully saturated rings. The van der Waals surface area contributed by atoms with Gasteiger partial charge in [0.1, 0.15) is 17.3 Å². The molecular weight excluding hydrogens is 283 g/mol. The number of benzene rings is 1. The van der Waals surface area contributed by atoms with Crippen LogP contribution in [0.3, 0.4) is 0 Å². The fraction of sp³-hybridized carbons (Fsp3) is 0.118. The molecule has 0 saturated heterocycles. The summed E-state index contributed by atoms with van der Waals surface area (Å²) in [7, 11) is 0. The highest BCUT2D eigenvalue weighted by Gasteiger charge is 2.16. The average Bonchev–Trinajstić information content (AvgIpc) is 3.20. The minimum atomic E-state index is -0.447. The Hall–Kier alpha value is -3.00. The van der Waals surface area contributed by atoms with Crippen LogP contribution in [0.15, 0.2) is 63.8 Å². The molecule has 110 valence electrons. The van der Waals surface area contributed by atoms with Crippen LogP contribution in [0, 0.1) is 17.1 Å². The second-order valence-corrected chi connectivity index (χ2v) is 4.79. The topological polar surface area (TPSA) is 53.3 Å². The van der Waals surface area contributed by atoms with Crippen LogP contribution in [0.2, 0.25) is 0 Å². The molecule has 0 bridgehead atoms. The summed E-state index contributed by atoms with van der Waals surface area (Å²) < 4.78 is 25.0. The van der Waals surface area contributed by atoms with Crippen molar-refractivity contribution < 1.29 is 13.2 Å². The Morgan fingerprint density at radius 2 is 1.64 bits per heavy atom. The zero-order valence-corrected chi connectivity index (χ0v) is 11.7. The summed E-state index contributed by atoms with van der Waals surface area (Å²) in [5.74, 6) is 0.989. The third-order valence-electron chi connectivity index (χ3n) is 3.27. The predicted octanol–water partition coefficient (Wildman–Crippen LogP) is 4.09. The van der Waals surface area contributed by atoms with E-state index in [1.54, 1.807) is 41.7 Å². The summed E-state index contributed by atoms with van der Waals surface area (Å²) in [6.07, 6.45) is 3.16. The van der Waals surface area contributed by atoms with E-state index >= 15 is 0 Å². The standard InChI is InChI=1S/C17H13FN2O2/c18-16-9-13(10-19)5-6-17(16)20(11-14-3-1-7-21-14)12-15-4-2-8-22-15/h1-9H,11-12H2. The maximum atomic E-state index is 14.3. The number of nitrogens with zero attached hydrogens (tertiary/aromatic N) is 2. The van der Waals surface area contributed by atoms with Gasteiger partial charge in [0.15, 0.2) is 0 Å². The second kappa shape index (κ2) is 6.19. The van der Waals surface area contributed by atoms with Crippen LogP contribution in [-0.2, 0) is 13.1 Å². The van der Waals surface area contributed by atoms with Crippen molar-refractivity contribution in [3.8, 4) is 6.07 Å². The number of nitriles is 1. The summed E-state index contributed by atoms with van der Waals surface area (Å²) in [6, 6.07) is 13.6. The van der Waals surface area contributed by atoms with E-state index in [1.165, 1.54) is 6.07 Å². The van der Waals surface area contributed by atoms with E-state index in [2.05, 4.69) is 0 Å². The molecule has 5 heteroatoms. The fourth-order valence-corrected chi connectivity index (χ4v) is 2.24. The van der Waals surface area contributed by atoms with Crippen LogP contribution < -0.4 is 4.90 Å². The van der Waals surface area contributed by atoms with Gasteiger partial charge in [0.05, 0.1) is 42.9 Å². The molecule has 2 aromatic heterocycles. The molecule has 2 heterocycles. The summed E-state index contributed by atoms with van der Waals surface area (Å²) in [6.45, 7) is 0.799. The molecule has 3 rings (SSSR count). The van der Waals surface area contributed by atoms with E-state index in [4.69, 9.17) is 14.1 Å². The number of anilines is 1. The first kappa shape index (κ1) is 14.0. The third-order valence-corrected chi connectivity index (χ3v) is 3.27. The smallest absolute Gasteiger partial charge is 0.147 e. The number of hydrogen-bond acceptors (Lipinski definition) is 4. The molecule has 0 aliphatic carbocycles. The van der Waals surface area contributed by atoms with Gasteiger partial charge in [0, 0.05) is 0 Å². The number of furan rings is 2. The van der Waals surface area contributed by atoms with Gasteiger partial charge < -0.3 is 13.7 Å². The van der Waals surface area contributed by atoms with Gasteiger partial charge in [0.25, 0.3) is 0 Å². The molecule has 0 radical (unpaired) electrons. The summed E-state index contributed by atoms with van der Waals surface area (Å²) in [4.78, 5) is 1.80.